The molecule has 0 aliphatic heterocycles. The molecular weight excluding hydrogens is 314 g/mol. The minimum absolute atomic E-state index is 0.651. The van der Waals surface area contributed by atoms with Crippen LogP contribution in [0, 0.1) is 5.92 Å². The Labute approximate surface area is 131 Å². The smallest absolute Gasteiger partial charge is 0.133 e. The van der Waals surface area contributed by atoms with E-state index in [1.807, 2.05) is 12.3 Å². The van der Waals surface area contributed by atoms with Gasteiger partial charge in [0, 0.05) is 35.9 Å². The first-order valence-electron chi connectivity index (χ1n) is 7.29. The molecule has 1 aromatic heterocycles. The number of rotatable bonds is 9. The average Bonchev–Trinajstić information content (AvgIpc) is 2.38. The van der Waals surface area contributed by atoms with Crippen LogP contribution < -0.4 is 10.2 Å². The summed E-state index contributed by atoms with van der Waals surface area (Å²) < 4.78 is 1.03. The van der Waals surface area contributed by atoms with Crippen LogP contribution in [-0.2, 0) is 6.54 Å². The molecule has 0 fully saturated rings. The first-order valence-corrected chi connectivity index (χ1v) is 8.08. The van der Waals surface area contributed by atoms with Crippen molar-refractivity contribution in [2.75, 3.05) is 24.5 Å². The summed E-state index contributed by atoms with van der Waals surface area (Å²) in [5.74, 6) is 1.71. The fourth-order valence-electron chi connectivity index (χ4n) is 2.09. The molecule has 0 bridgehead atoms. The molecule has 1 N–H and O–H groups in total. The predicted octanol–water partition coefficient (Wildman–Crippen LogP) is 3.99. The number of hydrogen-bond donors (Lipinski definition) is 1. The quantitative estimate of drug-likeness (QED) is 0.689. The van der Waals surface area contributed by atoms with Crippen LogP contribution in [0.25, 0.3) is 0 Å². The molecular formula is C16H26BrN3. The van der Waals surface area contributed by atoms with Gasteiger partial charge in [0.05, 0.1) is 0 Å². The van der Waals surface area contributed by atoms with Gasteiger partial charge in [-0.25, -0.2) is 4.98 Å². The Balaban J connectivity index is 2.89. The first-order chi connectivity index (χ1) is 9.58. The van der Waals surface area contributed by atoms with Gasteiger partial charge >= 0.3 is 0 Å². The molecule has 0 aliphatic rings. The maximum atomic E-state index is 4.60. The zero-order valence-corrected chi connectivity index (χ0v) is 14.4. The summed E-state index contributed by atoms with van der Waals surface area (Å²) in [6, 6.07) is 2.15. The maximum absolute atomic E-state index is 4.60. The van der Waals surface area contributed by atoms with Crippen molar-refractivity contribution < 1.29 is 0 Å². The van der Waals surface area contributed by atoms with Crippen molar-refractivity contribution in [3.63, 3.8) is 0 Å². The normalized spacial score (nSPS) is 10.8. The lowest BCUT2D eigenvalue weighted by Gasteiger charge is -2.24. The summed E-state index contributed by atoms with van der Waals surface area (Å²) >= 11 is 3.52. The number of nitrogens with zero attached hydrogens (tertiary/aromatic N) is 2. The molecule has 0 aliphatic carbocycles. The Morgan fingerprint density at radius 3 is 2.85 bits per heavy atom. The largest absolute Gasteiger partial charge is 0.353 e. The third-order valence-corrected chi connectivity index (χ3v) is 3.35. The van der Waals surface area contributed by atoms with Crippen molar-refractivity contribution in [3.05, 3.63) is 35.0 Å². The second-order valence-corrected chi connectivity index (χ2v) is 6.31. The minimum Gasteiger partial charge on any atom is -0.353 e. The van der Waals surface area contributed by atoms with E-state index in [0.717, 1.165) is 42.9 Å². The molecule has 0 spiro atoms. The predicted molar refractivity (Wildman–Crippen MR) is 91.2 cm³/mol. The Kier molecular flexibility index (Phi) is 7.85. The second kappa shape index (κ2) is 9.14. The fraction of sp³-hybridized carbons (Fsp3) is 0.562. The van der Waals surface area contributed by atoms with Crippen molar-refractivity contribution in [3.8, 4) is 0 Å². The molecule has 112 valence electrons. The lowest BCUT2D eigenvalue weighted by Crippen LogP contribution is -2.28. The van der Waals surface area contributed by atoms with Crippen LogP contribution in [0.4, 0.5) is 5.82 Å². The molecule has 20 heavy (non-hydrogen) atoms. The summed E-state index contributed by atoms with van der Waals surface area (Å²) in [5.41, 5.74) is 1.23. The van der Waals surface area contributed by atoms with Crippen molar-refractivity contribution in [2.45, 2.75) is 33.7 Å². The summed E-state index contributed by atoms with van der Waals surface area (Å²) in [4.78, 5) is 6.89. The van der Waals surface area contributed by atoms with Crippen molar-refractivity contribution in [1.82, 2.24) is 10.3 Å². The monoisotopic (exact) mass is 339 g/mol. The Bertz CT molecular complexity index is 418. The number of pyridine rings is 1. The zero-order chi connectivity index (χ0) is 15.0. The number of halogens is 1. The highest BCUT2D eigenvalue weighted by molar-refractivity contribution is 9.10. The third-order valence-electron chi connectivity index (χ3n) is 2.92. The fourth-order valence-corrected chi connectivity index (χ4v) is 2.47. The zero-order valence-electron chi connectivity index (χ0n) is 12.8. The van der Waals surface area contributed by atoms with E-state index in [0.29, 0.717) is 5.92 Å². The van der Waals surface area contributed by atoms with E-state index >= 15 is 0 Å². The van der Waals surface area contributed by atoms with Gasteiger partial charge in [-0.1, -0.05) is 26.8 Å². The van der Waals surface area contributed by atoms with E-state index in [2.05, 4.69) is 64.5 Å². The Morgan fingerprint density at radius 1 is 1.50 bits per heavy atom. The van der Waals surface area contributed by atoms with E-state index in [1.54, 1.807) is 0 Å². The van der Waals surface area contributed by atoms with Crippen LogP contribution >= 0.6 is 15.9 Å². The molecule has 0 unspecified atom stereocenters. The highest BCUT2D eigenvalue weighted by atomic mass is 79.9. The third kappa shape index (κ3) is 5.63. The van der Waals surface area contributed by atoms with Crippen LogP contribution in [0.15, 0.2) is 29.4 Å². The maximum Gasteiger partial charge on any atom is 0.133 e. The van der Waals surface area contributed by atoms with Crippen LogP contribution in [0.1, 0.15) is 32.8 Å². The van der Waals surface area contributed by atoms with Crippen LogP contribution in [0.3, 0.4) is 0 Å². The summed E-state index contributed by atoms with van der Waals surface area (Å²) in [6.07, 6.45) is 4.90. The van der Waals surface area contributed by atoms with Gasteiger partial charge < -0.3 is 10.2 Å². The summed E-state index contributed by atoms with van der Waals surface area (Å²) in [5, 5.41) is 3.49. The summed E-state index contributed by atoms with van der Waals surface area (Å²) in [7, 11) is 0. The Morgan fingerprint density at radius 2 is 2.25 bits per heavy atom. The van der Waals surface area contributed by atoms with E-state index in [1.165, 1.54) is 5.56 Å². The van der Waals surface area contributed by atoms with Crippen molar-refractivity contribution >= 4 is 21.7 Å². The molecule has 4 heteroatoms. The highest BCUT2D eigenvalue weighted by Gasteiger charge is 2.11. The van der Waals surface area contributed by atoms with Gasteiger partial charge in [0.1, 0.15) is 5.82 Å². The molecule has 0 amide bonds. The van der Waals surface area contributed by atoms with Gasteiger partial charge in [-0.15, -0.1) is 6.58 Å². The number of nitrogens with one attached hydrogen (secondary N) is 1. The molecule has 0 atom stereocenters. The Hall–Kier alpha value is -0.870. The van der Waals surface area contributed by atoms with Crippen molar-refractivity contribution in [1.29, 1.82) is 0 Å². The number of aromatic nitrogens is 1. The van der Waals surface area contributed by atoms with E-state index in [9.17, 15) is 0 Å². The van der Waals surface area contributed by atoms with Crippen molar-refractivity contribution in [2.24, 2.45) is 5.92 Å². The lowest BCUT2D eigenvalue weighted by atomic mass is 10.2. The minimum atomic E-state index is 0.651. The van der Waals surface area contributed by atoms with E-state index < -0.39 is 0 Å². The molecule has 0 aromatic carbocycles. The second-order valence-electron chi connectivity index (χ2n) is 5.40. The molecule has 0 saturated heterocycles. The van der Waals surface area contributed by atoms with Crippen LogP contribution in [-0.4, -0.2) is 24.6 Å². The standard InChI is InChI=1S/C16H26BrN3/c1-5-7-20(8-6-2)16-14(9-15(17)12-19-16)11-18-10-13(3)4/h5,9,12-13,18H,1,6-8,10-11H2,2-4H3. The highest BCUT2D eigenvalue weighted by Crippen LogP contribution is 2.22. The molecule has 1 rings (SSSR count). The van der Waals surface area contributed by atoms with Crippen LogP contribution in [0.2, 0.25) is 0 Å². The van der Waals surface area contributed by atoms with E-state index in [4.69, 9.17) is 0 Å². The number of hydrogen-bond acceptors (Lipinski definition) is 3. The lowest BCUT2D eigenvalue weighted by molar-refractivity contribution is 0.551. The first kappa shape index (κ1) is 17.2. The van der Waals surface area contributed by atoms with Gasteiger partial charge in [-0.2, -0.15) is 0 Å². The van der Waals surface area contributed by atoms with E-state index in [-0.39, 0.29) is 0 Å². The molecule has 3 nitrogen and oxygen atoms in total. The molecule has 1 heterocycles. The van der Waals surface area contributed by atoms with Gasteiger partial charge in [-0.3, -0.25) is 0 Å². The SMILES string of the molecule is C=CCN(CCC)c1ncc(Br)cc1CNCC(C)C. The number of anilines is 1. The molecule has 0 saturated carbocycles. The van der Waals surface area contributed by atoms with Gasteiger partial charge in [-0.05, 0) is 40.9 Å². The van der Waals surface area contributed by atoms with Crippen LogP contribution in [0.5, 0.6) is 0 Å². The van der Waals surface area contributed by atoms with Gasteiger partial charge in [0.15, 0.2) is 0 Å². The topological polar surface area (TPSA) is 28.2 Å². The molecule has 0 radical (unpaired) electrons. The van der Waals surface area contributed by atoms with Gasteiger partial charge in [0.25, 0.3) is 0 Å². The average molecular weight is 340 g/mol. The van der Waals surface area contributed by atoms with Gasteiger partial charge in [0.2, 0.25) is 0 Å². The summed E-state index contributed by atoms with van der Waals surface area (Å²) in [6.45, 7) is 14.2. The molecule has 1 aromatic rings.